The molecule has 3 N–H and O–H groups in total. The van der Waals surface area contributed by atoms with Crippen LogP contribution in [0.3, 0.4) is 0 Å². The molecule has 0 saturated carbocycles. The third-order valence-corrected chi connectivity index (χ3v) is 3.28. The lowest BCUT2D eigenvalue weighted by Gasteiger charge is -2.01. The van der Waals surface area contributed by atoms with Gasteiger partial charge in [0.05, 0.1) is 17.4 Å². The fourth-order valence-corrected chi connectivity index (χ4v) is 2.35. The molecule has 2 aromatic carbocycles. The SMILES string of the molecule is Nn1c(-c2ccccc2)nc2c3nc[nH]c3ccc21. The number of hydrogen-bond donors (Lipinski definition) is 2. The minimum Gasteiger partial charge on any atom is -0.345 e. The largest absolute Gasteiger partial charge is 0.345 e. The molecule has 0 aliphatic heterocycles. The van der Waals surface area contributed by atoms with Crippen LogP contribution in [-0.2, 0) is 0 Å². The number of hydrogen-bond acceptors (Lipinski definition) is 3. The lowest BCUT2D eigenvalue weighted by molar-refractivity contribution is 1.05. The zero-order valence-electron chi connectivity index (χ0n) is 10.0. The fraction of sp³-hybridized carbons (Fsp3) is 0. The van der Waals surface area contributed by atoms with Gasteiger partial charge in [0.1, 0.15) is 11.0 Å². The molecule has 0 radical (unpaired) electrons. The molecule has 0 unspecified atom stereocenters. The Balaban J connectivity index is 2.10. The van der Waals surface area contributed by atoms with Crippen LogP contribution in [0.1, 0.15) is 0 Å². The minimum absolute atomic E-state index is 0.742. The fourth-order valence-electron chi connectivity index (χ4n) is 2.35. The van der Waals surface area contributed by atoms with E-state index in [0.717, 1.165) is 33.5 Å². The number of H-pyrrole nitrogens is 1. The van der Waals surface area contributed by atoms with Crippen LogP contribution >= 0.6 is 0 Å². The molecule has 5 nitrogen and oxygen atoms in total. The molecule has 0 aliphatic carbocycles. The van der Waals surface area contributed by atoms with Gasteiger partial charge in [0.15, 0.2) is 5.82 Å². The molecule has 2 aromatic heterocycles. The highest BCUT2D eigenvalue weighted by Crippen LogP contribution is 2.26. The van der Waals surface area contributed by atoms with Crippen molar-refractivity contribution in [1.29, 1.82) is 0 Å². The third-order valence-electron chi connectivity index (χ3n) is 3.28. The lowest BCUT2D eigenvalue weighted by Crippen LogP contribution is -2.09. The van der Waals surface area contributed by atoms with E-state index in [-0.39, 0.29) is 0 Å². The van der Waals surface area contributed by atoms with E-state index in [0.29, 0.717) is 0 Å². The van der Waals surface area contributed by atoms with Crippen molar-refractivity contribution >= 4 is 22.1 Å². The Bertz CT molecular complexity index is 873. The number of imidazole rings is 2. The quantitative estimate of drug-likeness (QED) is 0.508. The van der Waals surface area contributed by atoms with E-state index >= 15 is 0 Å². The number of nitrogens with two attached hydrogens (primary N) is 1. The summed E-state index contributed by atoms with van der Waals surface area (Å²) in [5.74, 6) is 6.89. The van der Waals surface area contributed by atoms with Gasteiger partial charge < -0.3 is 10.8 Å². The summed E-state index contributed by atoms with van der Waals surface area (Å²) in [4.78, 5) is 12.0. The van der Waals surface area contributed by atoms with E-state index in [4.69, 9.17) is 5.84 Å². The van der Waals surface area contributed by atoms with Gasteiger partial charge in [-0.25, -0.2) is 14.6 Å². The van der Waals surface area contributed by atoms with Gasteiger partial charge in [-0.05, 0) is 12.1 Å². The molecule has 19 heavy (non-hydrogen) atoms. The molecule has 92 valence electrons. The molecule has 0 atom stereocenters. The highest BCUT2D eigenvalue weighted by molar-refractivity contribution is 6.01. The average molecular weight is 249 g/mol. The minimum atomic E-state index is 0.742. The topological polar surface area (TPSA) is 72.5 Å². The van der Waals surface area contributed by atoms with E-state index in [1.54, 1.807) is 11.0 Å². The first-order valence-corrected chi connectivity index (χ1v) is 5.99. The molecule has 0 bridgehead atoms. The van der Waals surface area contributed by atoms with Gasteiger partial charge in [0.25, 0.3) is 0 Å². The Morgan fingerprint density at radius 3 is 2.68 bits per heavy atom. The molecule has 0 saturated heterocycles. The van der Waals surface area contributed by atoms with Gasteiger partial charge in [-0.3, -0.25) is 0 Å². The molecule has 0 amide bonds. The van der Waals surface area contributed by atoms with Crippen LogP contribution in [0.2, 0.25) is 0 Å². The highest BCUT2D eigenvalue weighted by Gasteiger charge is 2.13. The first kappa shape index (κ1) is 10.1. The number of fused-ring (bicyclic) bond motifs is 3. The van der Waals surface area contributed by atoms with E-state index in [9.17, 15) is 0 Å². The van der Waals surface area contributed by atoms with Crippen LogP contribution in [0, 0.1) is 0 Å². The van der Waals surface area contributed by atoms with Crippen molar-refractivity contribution in [3.05, 3.63) is 48.8 Å². The number of aromatic nitrogens is 4. The van der Waals surface area contributed by atoms with Gasteiger partial charge in [-0.2, -0.15) is 0 Å². The standard InChI is InChI=1S/C14H11N5/c15-19-11-7-6-10-12(17-8-16-10)13(11)18-14(19)9-4-2-1-3-5-9/h1-8H,15H2,(H,16,17). The zero-order valence-corrected chi connectivity index (χ0v) is 10.0. The van der Waals surface area contributed by atoms with E-state index in [2.05, 4.69) is 15.0 Å². The summed E-state index contributed by atoms with van der Waals surface area (Å²) in [5.41, 5.74) is 4.49. The predicted octanol–water partition coefficient (Wildman–Crippen LogP) is 2.29. The Labute approximate surface area is 108 Å². The van der Waals surface area contributed by atoms with Crippen LogP contribution in [0.5, 0.6) is 0 Å². The lowest BCUT2D eigenvalue weighted by atomic mass is 10.2. The van der Waals surface area contributed by atoms with Gasteiger partial charge in [-0.15, -0.1) is 0 Å². The maximum atomic E-state index is 6.15. The molecule has 5 heteroatoms. The number of nitrogens with zero attached hydrogens (tertiary/aromatic N) is 3. The molecule has 0 spiro atoms. The Kier molecular flexibility index (Phi) is 1.91. The molecule has 0 aliphatic rings. The van der Waals surface area contributed by atoms with Crippen LogP contribution in [-0.4, -0.2) is 19.6 Å². The second kappa shape index (κ2) is 3.58. The molecule has 0 fully saturated rings. The van der Waals surface area contributed by atoms with Crippen molar-refractivity contribution in [2.75, 3.05) is 5.84 Å². The Hall–Kier alpha value is -2.82. The molecular weight excluding hydrogens is 238 g/mol. The van der Waals surface area contributed by atoms with Gasteiger partial charge in [-0.1, -0.05) is 30.3 Å². The number of nitrogen functional groups attached to an aromatic ring is 1. The van der Waals surface area contributed by atoms with Crippen molar-refractivity contribution in [3.8, 4) is 11.4 Å². The molecule has 4 aromatic rings. The molecular formula is C14H11N5. The van der Waals surface area contributed by atoms with Crippen molar-refractivity contribution < 1.29 is 0 Å². The second-order valence-electron chi connectivity index (χ2n) is 4.40. The summed E-state index contributed by atoms with van der Waals surface area (Å²) in [6.45, 7) is 0. The van der Waals surface area contributed by atoms with Crippen molar-refractivity contribution in [2.45, 2.75) is 0 Å². The number of rotatable bonds is 1. The van der Waals surface area contributed by atoms with Crippen LogP contribution in [0.4, 0.5) is 0 Å². The summed E-state index contributed by atoms with van der Waals surface area (Å²) in [6, 6.07) is 13.8. The van der Waals surface area contributed by atoms with Gasteiger partial charge >= 0.3 is 0 Å². The summed E-state index contributed by atoms with van der Waals surface area (Å²) in [5, 5.41) is 0. The van der Waals surface area contributed by atoms with E-state index in [1.807, 2.05) is 42.5 Å². The Morgan fingerprint density at radius 1 is 1.00 bits per heavy atom. The van der Waals surface area contributed by atoms with Crippen molar-refractivity contribution in [3.63, 3.8) is 0 Å². The van der Waals surface area contributed by atoms with Gasteiger partial charge in [0, 0.05) is 5.56 Å². The normalized spacial score (nSPS) is 11.4. The maximum Gasteiger partial charge on any atom is 0.159 e. The molecule has 2 heterocycles. The number of aromatic amines is 1. The van der Waals surface area contributed by atoms with Crippen molar-refractivity contribution in [1.82, 2.24) is 19.6 Å². The molecule has 4 rings (SSSR count). The summed E-state index contributed by atoms with van der Waals surface area (Å²) >= 11 is 0. The smallest absolute Gasteiger partial charge is 0.159 e. The van der Waals surface area contributed by atoms with E-state index < -0.39 is 0 Å². The first-order chi connectivity index (χ1) is 9.34. The predicted molar refractivity (Wildman–Crippen MR) is 75.0 cm³/mol. The van der Waals surface area contributed by atoms with Gasteiger partial charge in [0.2, 0.25) is 0 Å². The second-order valence-corrected chi connectivity index (χ2v) is 4.40. The van der Waals surface area contributed by atoms with E-state index in [1.165, 1.54) is 0 Å². The maximum absolute atomic E-state index is 6.15. The first-order valence-electron chi connectivity index (χ1n) is 5.99. The van der Waals surface area contributed by atoms with Crippen LogP contribution < -0.4 is 5.84 Å². The number of benzene rings is 2. The number of nitrogens with one attached hydrogen (secondary N) is 1. The zero-order chi connectivity index (χ0) is 12.8. The highest BCUT2D eigenvalue weighted by atomic mass is 15.3. The van der Waals surface area contributed by atoms with Crippen LogP contribution in [0.15, 0.2) is 48.8 Å². The summed E-state index contributed by atoms with van der Waals surface area (Å²) < 4.78 is 1.61. The monoisotopic (exact) mass is 249 g/mol. The average Bonchev–Trinajstić information content (AvgIpc) is 3.04. The summed E-state index contributed by atoms with van der Waals surface area (Å²) in [7, 11) is 0. The third kappa shape index (κ3) is 1.35. The van der Waals surface area contributed by atoms with Crippen LogP contribution in [0.25, 0.3) is 33.5 Å². The Morgan fingerprint density at radius 2 is 1.84 bits per heavy atom. The van der Waals surface area contributed by atoms with Crippen molar-refractivity contribution in [2.24, 2.45) is 0 Å². The summed E-state index contributed by atoms with van der Waals surface area (Å²) in [6.07, 6.45) is 1.67.